The van der Waals surface area contributed by atoms with Gasteiger partial charge in [0.15, 0.2) is 0 Å². The molecule has 1 N–H and O–H groups in total. The number of rotatable bonds is 8. The van der Waals surface area contributed by atoms with Gasteiger partial charge in [0.05, 0.1) is 5.92 Å². The van der Waals surface area contributed by atoms with Crippen LogP contribution in [0.3, 0.4) is 0 Å². The molecule has 1 atom stereocenters. The van der Waals surface area contributed by atoms with Gasteiger partial charge in [-0.15, -0.1) is 0 Å². The predicted molar refractivity (Wildman–Crippen MR) is 94.3 cm³/mol. The molecule has 22 heavy (non-hydrogen) atoms. The molecule has 0 heterocycles. The van der Waals surface area contributed by atoms with E-state index >= 15 is 0 Å². The fourth-order valence-corrected chi connectivity index (χ4v) is 2.64. The number of hydrogen-bond donors (Lipinski definition) is 1. The highest BCUT2D eigenvalue weighted by molar-refractivity contribution is 5.83. The van der Waals surface area contributed by atoms with Crippen LogP contribution in [-0.4, -0.2) is 38.0 Å². The van der Waals surface area contributed by atoms with Crippen molar-refractivity contribution in [1.29, 1.82) is 0 Å². The van der Waals surface area contributed by atoms with Crippen LogP contribution in [0.1, 0.15) is 57.1 Å². The average Bonchev–Trinajstić information content (AvgIpc) is 2.43. The number of carbonyl (C=O) groups excluding carboxylic acids is 1. The van der Waals surface area contributed by atoms with E-state index in [1.807, 2.05) is 0 Å². The molecule has 1 aromatic rings. The first-order valence-corrected chi connectivity index (χ1v) is 8.35. The van der Waals surface area contributed by atoms with E-state index in [2.05, 4.69) is 76.3 Å². The molecule has 1 amide bonds. The van der Waals surface area contributed by atoms with Gasteiger partial charge < -0.3 is 10.2 Å². The van der Waals surface area contributed by atoms with E-state index in [0.717, 1.165) is 25.1 Å². The number of carbonyl (C=O) groups is 1. The van der Waals surface area contributed by atoms with E-state index in [-0.39, 0.29) is 11.8 Å². The molecule has 0 spiro atoms. The highest BCUT2D eigenvalue weighted by Crippen LogP contribution is 2.26. The van der Waals surface area contributed by atoms with Crippen molar-refractivity contribution in [2.24, 2.45) is 5.92 Å². The number of nitrogens with zero attached hydrogens (tertiary/aromatic N) is 1. The Labute approximate surface area is 136 Å². The summed E-state index contributed by atoms with van der Waals surface area (Å²) >= 11 is 0. The predicted octanol–water partition coefficient (Wildman–Crippen LogP) is 3.62. The van der Waals surface area contributed by atoms with Gasteiger partial charge in [-0.1, -0.05) is 52.0 Å². The maximum absolute atomic E-state index is 12.5. The summed E-state index contributed by atoms with van der Waals surface area (Å²) in [7, 11) is 4.10. The van der Waals surface area contributed by atoms with E-state index in [4.69, 9.17) is 0 Å². The second-order valence-corrected chi connectivity index (χ2v) is 6.99. The summed E-state index contributed by atoms with van der Waals surface area (Å²) in [6, 6.07) is 8.52. The zero-order valence-electron chi connectivity index (χ0n) is 15.0. The van der Waals surface area contributed by atoms with Gasteiger partial charge in [0.2, 0.25) is 5.91 Å². The van der Waals surface area contributed by atoms with Crippen molar-refractivity contribution < 1.29 is 4.79 Å². The summed E-state index contributed by atoms with van der Waals surface area (Å²) in [6.07, 6.45) is 0.982. The Morgan fingerprint density at radius 2 is 1.59 bits per heavy atom. The first-order chi connectivity index (χ1) is 10.3. The number of nitrogens with one attached hydrogen (secondary N) is 1. The van der Waals surface area contributed by atoms with E-state index in [1.165, 1.54) is 5.56 Å². The Balaban J connectivity index is 2.70. The highest BCUT2D eigenvalue weighted by atomic mass is 16.1. The second-order valence-electron chi connectivity index (χ2n) is 6.99. The molecule has 0 bridgehead atoms. The Hall–Kier alpha value is -1.35. The molecule has 0 aliphatic rings. The standard InChI is InChI=1S/C19H32N2O/c1-14(2)16-8-10-17(11-9-16)18(15(3)4)19(22)20-12-7-13-21(5)6/h8-11,14-15,18H,7,12-13H2,1-6H3,(H,20,22). The molecular weight excluding hydrogens is 272 g/mol. The zero-order chi connectivity index (χ0) is 16.7. The Bertz CT molecular complexity index is 449. The van der Waals surface area contributed by atoms with Crippen LogP contribution < -0.4 is 5.32 Å². The third-order valence-corrected chi connectivity index (χ3v) is 3.99. The largest absolute Gasteiger partial charge is 0.356 e. The van der Waals surface area contributed by atoms with Gasteiger partial charge in [0.25, 0.3) is 0 Å². The van der Waals surface area contributed by atoms with Gasteiger partial charge in [-0.3, -0.25) is 4.79 Å². The Morgan fingerprint density at radius 3 is 2.05 bits per heavy atom. The highest BCUT2D eigenvalue weighted by Gasteiger charge is 2.23. The normalized spacial score (nSPS) is 13.0. The van der Waals surface area contributed by atoms with E-state index < -0.39 is 0 Å². The fourth-order valence-electron chi connectivity index (χ4n) is 2.64. The molecule has 0 aliphatic heterocycles. The fraction of sp³-hybridized carbons (Fsp3) is 0.632. The maximum atomic E-state index is 12.5. The van der Waals surface area contributed by atoms with Gasteiger partial charge in [-0.25, -0.2) is 0 Å². The minimum absolute atomic E-state index is 0.0689. The summed E-state index contributed by atoms with van der Waals surface area (Å²) in [4.78, 5) is 14.7. The third kappa shape index (κ3) is 5.80. The molecule has 0 fully saturated rings. The van der Waals surface area contributed by atoms with Crippen molar-refractivity contribution in [3.8, 4) is 0 Å². The first kappa shape index (κ1) is 18.7. The summed E-state index contributed by atoms with van der Waals surface area (Å²) in [5, 5.41) is 3.09. The lowest BCUT2D eigenvalue weighted by Gasteiger charge is -2.21. The molecule has 0 radical (unpaired) electrons. The van der Waals surface area contributed by atoms with Crippen LogP contribution in [0, 0.1) is 5.92 Å². The third-order valence-electron chi connectivity index (χ3n) is 3.99. The smallest absolute Gasteiger partial charge is 0.227 e. The molecule has 3 heteroatoms. The average molecular weight is 304 g/mol. The monoisotopic (exact) mass is 304 g/mol. The van der Waals surface area contributed by atoms with Gasteiger partial charge in [-0.2, -0.15) is 0 Å². The topological polar surface area (TPSA) is 32.3 Å². The van der Waals surface area contributed by atoms with Crippen LogP contribution >= 0.6 is 0 Å². The second kappa shape index (κ2) is 8.94. The summed E-state index contributed by atoms with van der Waals surface area (Å²) in [5.41, 5.74) is 2.43. The van der Waals surface area contributed by atoms with Crippen LogP contribution in [0.15, 0.2) is 24.3 Å². The molecule has 0 aromatic heterocycles. The van der Waals surface area contributed by atoms with E-state index in [0.29, 0.717) is 11.8 Å². The molecule has 1 aromatic carbocycles. The molecular formula is C19H32N2O. The number of amides is 1. The molecule has 3 nitrogen and oxygen atoms in total. The quantitative estimate of drug-likeness (QED) is 0.744. The van der Waals surface area contributed by atoms with Gasteiger partial charge in [0.1, 0.15) is 0 Å². The number of benzene rings is 1. The lowest BCUT2D eigenvalue weighted by atomic mass is 9.86. The van der Waals surface area contributed by atoms with Crippen molar-refractivity contribution in [2.75, 3.05) is 27.2 Å². The minimum atomic E-state index is -0.0689. The molecule has 124 valence electrons. The molecule has 0 saturated carbocycles. The van der Waals surface area contributed by atoms with E-state index in [9.17, 15) is 4.79 Å². The van der Waals surface area contributed by atoms with Gasteiger partial charge >= 0.3 is 0 Å². The molecule has 0 aliphatic carbocycles. The van der Waals surface area contributed by atoms with Crippen LogP contribution in [0.25, 0.3) is 0 Å². The van der Waals surface area contributed by atoms with Crippen molar-refractivity contribution >= 4 is 5.91 Å². The summed E-state index contributed by atoms with van der Waals surface area (Å²) in [6.45, 7) is 10.3. The van der Waals surface area contributed by atoms with Crippen molar-refractivity contribution in [2.45, 2.75) is 46.0 Å². The maximum Gasteiger partial charge on any atom is 0.227 e. The lowest BCUT2D eigenvalue weighted by Crippen LogP contribution is -2.33. The van der Waals surface area contributed by atoms with E-state index in [1.54, 1.807) is 0 Å². The van der Waals surface area contributed by atoms with Gasteiger partial charge in [0, 0.05) is 6.54 Å². The number of hydrogen-bond acceptors (Lipinski definition) is 2. The lowest BCUT2D eigenvalue weighted by molar-refractivity contribution is -0.123. The van der Waals surface area contributed by atoms with Crippen LogP contribution in [0.5, 0.6) is 0 Å². The Kier molecular flexibility index (Phi) is 7.60. The molecule has 1 rings (SSSR count). The zero-order valence-corrected chi connectivity index (χ0v) is 15.0. The van der Waals surface area contributed by atoms with Crippen LogP contribution in [-0.2, 0) is 4.79 Å². The van der Waals surface area contributed by atoms with Gasteiger partial charge in [-0.05, 0) is 50.0 Å². The molecule has 1 unspecified atom stereocenters. The van der Waals surface area contributed by atoms with Crippen LogP contribution in [0.4, 0.5) is 0 Å². The minimum Gasteiger partial charge on any atom is -0.356 e. The van der Waals surface area contributed by atoms with Crippen molar-refractivity contribution in [3.05, 3.63) is 35.4 Å². The van der Waals surface area contributed by atoms with Crippen molar-refractivity contribution in [1.82, 2.24) is 10.2 Å². The summed E-state index contributed by atoms with van der Waals surface area (Å²) < 4.78 is 0. The summed E-state index contributed by atoms with van der Waals surface area (Å²) in [5.74, 6) is 0.886. The molecule has 0 saturated heterocycles. The Morgan fingerprint density at radius 1 is 1.05 bits per heavy atom. The first-order valence-electron chi connectivity index (χ1n) is 8.35. The van der Waals surface area contributed by atoms with Crippen molar-refractivity contribution in [3.63, 3.8) is 0 Å². The van der Waals surface area contributed by atoms with Crippen LogP contribution in [0.2, 0.25) is 0 Å². The SMILES string of the molecule is CC(C)c1ccc(C(C(=O)NCCCN(C)C)C(C)C)cc1.